The molecule has 25 heavy (non-hydrogen) atoms. The lowest BCUT2D eigenvalue weighted by Gasteiger charge is -2.41. The van der Waals surface area contributed by atoms with Gasteiger partial charge in [-0.05, 0) is 42.2 Å². The summed E-state index contributed by atoms with van der Waals surface area (Å²) in [5.41, 5.74) is 4.02. The average Bonchev–Trinajstić information content (AvgIpc) is 3.23. The fraction of sp³-hybridized carbons (Fsp3) is 0.632. The molecule has 0 aliphatic carbocycles. The van der Waals surface area contributed by atoms with Gasteiger partial charge >= 0.3 is 0 Å². The Balaban J connectivity index is 1.61. The van der Waals surface area contributed by atoms with Gasteiger partial charge < -0.3 is 5.11 Å². The number of rotatable bonds is 8. The van der Waals surface area contributed by atoms with Crippen molar-refractivity contribution >= 4 is 11.3 Å². The van der Waals surface area contributed by atoms with Crippen LogP contribution in [0.2, 0.25) is 0 Å². The highest BCUT2D eigenvalue weighted by Crippen LogP contribution is 2.20. The van der Waals surface area contributed by atoms with Gasteiger partial charge in [-0.25, -0.2) is 0 Å². The van der Waals surface area contributed by atoms with Crippen LogP contribution >= 0.6 is 11.3 Å². The zero-order valence-electron chi connectivity index (χ0n) is 15.4. The molecule has 1 saturated heterocycles. The van der Waals surface area contributed by atoms with Crippen LogP contribution in [-0.4, -0.2) is 57.0 Å². The molecule has 1 aliphatic heterocycles. The van der Waals surface area contributed by atoms with Crippen LogP contribution in [0.15, 0.2) is 23.0 Å². The number of aryl methyl sites for hydroxylation is 1. The lowest BCUT2D eigenvalue weighted by Crippen LogP contribution is -2.52. The number of hydrogen-bond acceptors (Lipinski definition) is 5. The van der Waals surface area contributed by atoms with Crippen molar-refractivity contribution in [1.82, 2.24) is 19.6 Å². The normalized spacial score (nSPS) is 19.6. The monoisotopic (exact) mass is 362 g/mol. The SMILES string of the molecule is CCCn1ncc(CN2CCN(Cc3ccsc3)[C@@H](CCO)C2)c1C. The first-order valence-corrected chi connectivity index (χ1v) is 10.2. The number of hydrogen-bond donors (Lipinski definition) is 1. The third kappa shape index (κ3) is 4.70. The van der Waals surface area contributed by atoms with Crippen molar-refractivity contribution in [3.8, 4) is 0 Å². The molecule has 1 fully saturated rings. The lowest BCUT2D eigenvalue weighted by atomic mass is 10.1. The molecule has 138 valence electrons. The summed E-state index contributed by atoms with van der Waals surface area (Å²) in [7, 11) is 0. The Kier molecular flexibility index (Phi) is 6.64. The van der Waals surface area contributed by atoms with Crippen LogP contribution < -0.4 is 0 Å². The molecule has 2 aromatic rings. The van der Waals surface area contributed by atoms with E-state index in [1.54, 1.807) is 11.3 Å². The summed E-state index contributed by atoms with van der Waals surface area (Å²) in [6, 6.07) is 2.63. The van der Waals surface area contributed by atoms with Gasteiger partial charge in [-0.2, -0.15) is 16.4 Å². The van der Waals surface area contributed by atoms with Crippen LogP contribution in [0.4, 0.5) is 0 Å². The van der Waals surface area contributed by atoms with Gasteiger partial charge in [0.05, 0.1) is 6.20 Å². The topological polar surface area (TPSA) is 44.5 Å². The number of thiophene rings is 1. The summed E-state index contributed by atoms with van der Waals surface area (Å²) in [5, 5.41) is 18.4. The van der Waals surface area contributed by atoms with Crippen molar-refractivity contribution in [3.05, 3.63) is 39.8 Å². The van der Waals surface area contributed by atoms with E-state index in [-0.39, 0.29) is 6.61 Å². The molecule has 0 bridgehead atoms. The molecule has 1 aliphatic rings. The Bertz CT molecular complexity index is 640. The Morgan fingerprint density at radius 1 is 1.32 bits per heavy atom. The van der Waals surface area contributed by atoms with Crippen molar-refractivity contribution in [2.45, 2.75) is 52.4 Å². The van der Waals surface area contributed by atoms with Crippen molar-refractivity contribution < 1.29 is 5.11 Å². The Morgan fingerprint density at radius 2 is 2.20 bits per heavy atom. The van der Waals surface area contributed by atoms with E-state index in [1.807, 2.05) is 6.20 Å². The Morgan fingerprint density at radius 3 is 2.92 bits per heavy atom. The summed E-state index contributed by atoms with van der Waals surface area (Å²) < 4.78 is 2.12. The van der Waals surface area contributed by atoms with Crippen molar-refractivity contribution in [3.63, 3.8) is 0 Å². The van der Waals surface area contributed by atoms with E-state index in [1.165, 1.54) is 16.8 Å². The summed E-state index contributed by atoms with van der Waals surface area (Å²) in [6.07, 6.45) is 3.99. The van der Waals surface area contributed by atoms with E-state index in [0.29, 0.717) is 6.04 Å². The maximum atomic E-state index is 9.49. The Labute approximate surface area is 154 Å². The van der Waals surface area contributed by atoms with Gasteiger partial charge in [0, 0.05) is 63.2 Å². The van der Waals surface area contributed by atoms with E-state index < -0.39 is 0 Å². The minimum absolute atomic E-state index is 0.256. The van der Waals surface area contributed by atoms with E-state index in [9.17, 15) is 5.11 Å². The van der Waals surface area contributed by atoms with E-state index >= 15 is 0 Å². The molecule has 5 nitrogen and oxygen atoms in total. The predicted molar refractivity (Wildman–Crippen MR) is 103 cm³/mol. The molecule has 0 unspecified atom stereocenters. The number of aliphatic hydroxyl groups is 1. The smallest absolute Gasteiger partial charge is 0.0537 e. The average molecular weight is 363 g/mol. The van der Waals surface area contributed by atoms with Gasteiger partial charge in [0.1, 0.15) is 0 Å². The summed E-state index contributed by atoms with van der Waals surface area (Å²) in [6.45, 7) is 10.7. The van der Waals surface area contributed by atoms with Crippen LogP contribution in [0.3, 0.4) is 0 Å². The van der Waals surface area contributed by atoms with Crippen molar-refractivity contribution in [1.29, 1.82) is 0 Å². The largest absolute Gasteiger partial charge is 0.396 e. The molecule has 2 aromatic heterocycles. The molecular weight excluding hydrogens is 332 g/mol. The maximum Gasteiger partial charge on any atom is 0.0537 e. The van der Waals surface area contributed by atoms with Crippen LogP contribution in [0, 0.1) is 6.92 Å². The minimum Gasteiger partial charge on any atom is -0.396 e. The van der Waals surface area contributed by atoms with E-state index in [0.717, 1.165) is 52.1 Å². The maximum absolute atomic E-state index is 9.49. The molecule has 0 amide bonds. The fourth-order valence-corrected chi connectivity index (χ4v) is 4.33. The van der Waals surface area contributed by atoms with E-state index in [4.69, 9.17) is 0 Å². The first-order valence-electron chi connectivity index (χ1n) is 9.31. The van der Waals surface area contributed by atoms with Crippen LogP contribution in [0.5, 0.6) is 0 Å². The number of piperazine rings is 1. The van der Waals surface area contributed by atoms with Gasteiger partial charge in [0.15, 0.2) is 0 Å². The van der Waals surface area contributed by atoms with Gasteiger partial charge in [-0.15, -0.1) is 0 Å². The molecule has 0 saturated carbocycles. The molecule has 3 rings (SSSR count). The highest BCUT2D eigenvalue weighted by molar-refractivity contribution is 7.07. The standard InChI is InChI=1S/C19H30N4OS/c1-3-6-23-16(2)18(11-20-23)13-21-7-8-22(19(14-21)4-9-24)12-17-5-10-25-15-17/h5,10-11,15,19,24H,3-4,6-9,12-14H2,1-2H3/t19-/m0/s1. The molecule has 0 radical (unpaired) electrons. The van der Waals surface area contributed by atoms with Gasteiger partial charge in [-0.1, -0.05) is 6.92 Å². The highest BCUT2D eigenvalue weighted by Gasteiger charge is 2.27. The molecule has 0 spiro atoms. The third-order valence-electron chi connectivity index (χ3n) is 5.15. The molecule has 1 N–H and O–H groups in total. The van der Waals surface area contributed by atoms with Crippen LogP contribution in [0.1, 0.15) is 36.6 Å². The first kappa shape index (κ1) is 18.6. The second-order valence-electron chi connectivity index (χ2n) is 6.98. The van der Waals surface area contributed by atoms with Crippen LogP contribution in [-0.2, 0) is 19.6 Å². The molecule has 1 atom stereocenters. The van der Waals surface area contributed by atoms with Crippen molar-refractivity contribution in [2.24, 2.45) is 0 Å². The zero-order chi connectivity index (χ0) is 17.6. The molecule has 6 heteroatoms. The second kappa shape index (κ2) is 8.94. The summed E-state index contributed by atoms with van der Waals surface area (Å²) in [4.78, 5) is 5.05. The fourth-order valence-electron chi connectivity index (χ4n) is 3.67. The summed E-state index contributed by atoms with van der Waals surface area (Å²) in [5.74, 6) is 0. The van der Waals surface area contributed by atoms with Gasteiger partial charge in [0.2, 0.25) is 0 Å². The number of aromatic nitrogens is 2. The predicted octanol–water partition coefficient (Wildman–Crippen LogP) is 2.73. The summed E-state index contributed by atoms with van der Waals surface area (Å²) >= 11 is 1.76. The van der Waals surface area contributed by atoms with Gasteiger partial charge in [-0.3, -0.25) is 14.5 Å². The second-order valence-corrected chi connectivity index (χ2v) is 7.76. The van der Waals surface area contributed by atoms with Gasteiger partial charge in [0.25, 0.3) is 0 Å². The quantitative estimate of drug-likeness (QED) is 0.784. The minimum atomic E-state index is 0.256. The number of aliphatic hydroxyl groups excluding tert-OH is 1. The zero-order valence-corrected chi connectivity index (χ0v) is 16.2. The lowest BCUT2D eigenvalue weighted by molar-refractivity contribution is 0.0499. The Hall–Kier alpha value is -1.21. The molecule has 0 aromatic carbocycles. The number of nitrogens with zero attached hydrogens (tertiary/aromatic N) is 4. The highest BCUT2D eigenvalue weighted by atomic mass is 32.1. The first-order chi connectivity index (χ1) is 12.2. The molecular formula is C19H30N4OS. The van der Waals surface area contributed by atoms with E-state index in [2.05, 4.69) is 50.3 Å². The van der Waals surface area contributed by atoms with Crippen molar-refractivity contribution in [2.75, 3.05) is 26.2 Å². The van der Waals surface area contributed by atoms with Crippen LogP contribution in [0.25, 0.3) is 0 Å². The third-order valence-corrected chi connectivity index (χ3v) is 5.88. The molecule has 3 heterocycles.